The summed E-state index contributed by atoms with van der Waals surface area (Å²) in [5.41, 5.74) is 1.74. The highest BCUT2D eigenvalue weighted by Crippen LogP contribution is 2.23. The van der Waals surface area contributed by atoms with Crippen molar-refractivity contribution >= 4 is 23.2 Å². The highest BCUT2D eigenvalue weighted by molar-refractivity contribution is 6.31. The van der Waals surface area contributed by atoms with Crippen LogP contribution in [0.1, 0.15) is 31.7 Å². The monoisotopic (exact) mass is 294 g/mol. The van der Waals surface area contributed by atoms with Gasteiger partial charge in [-0.15, -0.1) is 0 Å². The molecule has 0 saturated carbocycles. The van der Waals surface area contributed by atoms with E-state index in [4.69, 9.17) is 11.6 Å². The SMILES string of the molecule is Cc1c(Cl)cccc1NC(=O)CCN1CCC[C@H](C)C1. The highest BCUT2D eigenvalue weighted by Gasteiger charge is 2.17. The number of hydrogen-bond donors (Lipinski definition) is 1. The lowest BCUT2D eigenvalue weighted by atomic mass is 10.0. The van der Waals surface area contributed by atoms with Crippen molar-refractivity contribution in [1.82, 2.24) is 4.90 Å². The van der Waals surface area contributed by atoms with Gasteiger partial charge in [0.25, 0.3) is 0 Å². The quantitative estimate of drug-likeness (QED) is 0.918. The number of likely N-dealkylation sites (tertiary alicyclic amines) is 1. The zero-order valence-corrected chi connectivity index (χ0v) is 13.0. The summed E-state index contributed by atoms with van der Waals surface area (Å²) in [6.45, 7) is 7.28. The first kappa shape index (κ1) is 15.3. The second-order valence-electron chi connectivity index (χ2n) is 5.76. The van der Waals surface area contributed by atoms with E-state index < -0.39 is 0 Å². The molecule has 1 atom stereocenters. The summed E-state index contributed by atoms with van der Waals surface area (Å²) >= 11 is 6.05. The maximum atomic E-state index is 12.0. The molecular formula is C16H23ClN2O. The van der Waals surface area contributed by atoms with Crippen molar-refractivity contribution in [3.05, 3.63) is 28.8 Å². The Morgan fingerprint density at radius 2 is 2.30 bits per heavy atom. The molecule has 1 fully saturated rings. The van der Waals surface area contributed by atoms with Gasteiger partial charge in [-0.3, -0.25) is 4.79 Å². The van der Waals surface area contributed by atoms with Crippen LogP contribution >= 0.6 is 11.6 Å². The van der Waals surface area contributed by atoms with Crippen molar-refractivity contribution in [1.29, 1.82) is 0 Å². The fraction of sp³-hybridized carbons (Fsp3) is 0.562. The van der Waals surface area contributed by atoms with E-state index in [1.165, 1.54) is 12.8 Å². The van der Waals surface area contributed by atoms with Crippen molar-refractivity contribution < 1.29 is 4.79 Å². The van der Waals surface area contributed by atoms with Gasteiger partial charge in [0.1, 0.15) is 0 Å². The Morgan fingerprint density at radius 1 is 1.50 bits per heavy atom. The number of carbonyl (C=O) groups is 1. The van der Waals surface area contributed by atoms with E-state index in [2.05, 4.69) is 17.1 Å². The zero-order chi connectivity index (χ0) is 14.5. The summed E-state index contributed by atoms with van der Waals surface area (Å²) < 4.78 is 0. The van der Waals surface area contributed by atoms with Crippen LogP contribution in [-0.4, -0.2) is 30.4 Å². The van der Waals surface area contributed by atoms with E-state index in [0.29, 0.717) is 11.4 Å². The van der Waals surface area contributed by atoms with Gasteiger partial charge in [-0.25, -0.2) is 0 Å². The molecule has 1 saturated heterocycles. The number of halogens is 1. The zero-order valence-electron chi connectivity index (χ0n) is 12.3. The first-order valence-corrected chi connectivity index (χ1v) is 7.71. The fourth-order valence-electron chi connectivity index (χ4n) is 2.71. The maximum Gasteiger partial charge on any atom is 0.225 e. The molecule has 1 aromatic rings. The van der Waals surface area contributed by atoms with E-state index in [0.717, 1.165) is 36.8 Å². The lowest BCUT2D eigenvalue weighted by Crippen LogP contribution is -2.36. The van der Waals surface area contributed by atoms with Gasteiger partial charge in [0, 0.05) is 30.2 Å². The van der Waals surface area contributed by atoms with E-state index in [-0.39, 0.29) is 5.91 Å². The molecule has 1 aliphatic rings. The van der Waals surface area contributed by atoms with Crippen molar-refractivity contribution in [3.8, 4) is 0 Å². The Morgan fingerprint density at radius 3 is 3.05 bits per heavy atom. The molecule has 2 rings (SSSR count). The van der Waals surface area contributed by atoms with Crippen LogP contribution in [0.4, 0.5) is 5.69 Å². The van der Waals surface area contributed by atoms with Crippen LogP contribution in [0, 0.1) is 12.8 Å². The average Bonchev–Trinajstić information content (AvgIpc) is 2.42. The van der Waals surface area contributed by atoms with Crippen LogP contribution in [0.5, 0.6) is 0 Å². The van der Waals surface area contributed by atoms with E-state index >= 15 is 0 Å². The Bertz CT molecular complexity index is 476. The molecule has 1 N–H and O–H groups in total. The number of benzene rings is 1. The summed E-state index contributed by atoms with van der Waals surface area (Å²) in [5, 5.41) is 3.64. The first-order valence-electron chi connectivity index (χ1n) is 7.33. The van der Waals surface area contributed by atoms with E-state index in [1.54, 1.807) is 0 Å². The van der Waals surface area contributed by atoms with E-state index in [9.17, 15) is 4.79 Å². The molecular weight excluding hydrogens is 272 g/mol. The molecule has 4 heteroatoms. The van der Waals surface area contributed by atoms with Crippen LogP contribution in [0.15, 0.2) is 18.2 Å². The van der Waals surface area contributed by atoms with Gasteiger partial charge in [-0.2, -0.15) is 0 Å². The molecule has 0 radical (unpaired) electrons. The third-order valence-electron chi connectivity index (χ3n) is 3.94. The predicted octanol–water partition coefficient (Wildman–Crippen LogP) is 3.71. The van der Waals surface area contributed by atoms with Gasteiger partial charge in [0.05, 0.1) is 0 Å². The van der Waals surface area contributed by atoms with Crippen LogP contribution < -0.4 is 5.32 Å². The van der Waals surface area contributed by atoms with Gasteiger partial charge in [-0.05, 0) is 49.9 Å². The molecule has 0 bridgehead atoms. The third-order valence-corrected chi connectivity index (χ3v) is 4.35. The average molecular weight is 295 g/mol. The Kier molecular flexibility index (Phi) is 5.44. The standard InChI is InChI=1S/C16H23ClN2O/c1-12-5-4-9-19(11-12)10-8-16(20)18-15-7-3-6-14(17)13(15)2/h3,6-7,12H,4-5,8-11H2,1-2H3,(H,18,20)/t12-/m0/s1. The van der Waals surface area contributed by atoms with Crippen LogP contribution in [-0.2, 0) is 4.79 Å². The molecule has 3 nitrogen and oxygen atoms in total. The number of hydrogen-bond acceptors (Lipinski definition) is 2. The van der Waals surface area contributed by atoms with Crippen molar-refractivity contribution in [2.45, 2.75) is 33.1 Å². The normalized spacial score (nSPS) is 19.9. The second kappa shape index (κ2) is 7.09. The fourth-order valence-corrected chi connectivity index (χ4v) is 2.88. The van der Waals surface area contributed by atoms with Crippen molar-refractivity contribution in [2.24, 2.45) is 5.92 Å². The van der Waals surface area contributed by atoms with Crippen LogP contribution in [0.2, 0.25) is 5.02 Å². The lowest BCUT2D eigenvalue weighted by Gasteiger charge is -2.30. The van der Waals surface area contributed by atoms with Gasteiger partial charge in [0.15, 0.2) is 0 Å². The first-order chi connectivity index (χ1) is 9.56. The summed E-state index contributed by atoms with van der Waals surface area (Å²) in [6, 6.07) is 5.58. The topological polar surface area (TPSA) is 32.3 Å². The largest absolute Gasteiger partial charge is 0.326 e. The molecule has 0 spiro atoms. The maximum absolute atomic E-state index is 12.0. The highest BCUT2D eigenvalue weighted by atomic mass is 35.5. The van der Waals surface area contributed by atoms with Gasteiger partial charge in [0.2, 0.25) is 5.91 Å². The minimum atomic E-state index is 0.0635. The molecule has 1 aromatic carbocycles. The molecule has 0 unspecified atom stereocenters. The molecule has 20 heavy (non-hydrogen) atoms. The molecule has 1 heterocycles. The molecule has 1 aliphatic heterocycles. The van der Waals surface area contributed by atoms with Crippen molar-refractivity contribution in [2.75, 3.05) is 25.0 Å². The number of carbonyl (C=O) groups excluding carboxylic acids is 1. The smallest absolute Gasteiger partial charge is 0.225 e. The van der Waals surface area contributed by atoms with Crippen LogP contribution in [0.3, 0.4) is 0 Å². The number of nitrogens with zero attached hydrogens (tertiary/aromatic N) is 1. The summed E-state index contributed by atoms with van der Waals surface area (Å²) in [6.07, 6.45) is 3.10. The molecule has 0 aliphatic carbocycles. The van der Waals surface area contributed by atoms with Crippen LogP contribution in [0.25, 0.3) is 0 Å². The lowest BCUT2D eigenvalue weighted by molar-refractivity contribution is -0.116. The molecule has 110 valence electrons. The molecule has 1 amide bonds. The van der Waals surface area contributed by atoms with Gasteiger partial charge in [-0.1, -0.05) is 24.6 Å². The second-order valence-corrected chi connectivity index (χ2v) is 6.17. The predicted molar refractivity (Wildman–Crippen MR) is 84.3 cm³/mol. The van der Waals surface area contributed by atoms with E-state index in [1.807, 2.05) is 25.1 Å². The minimum absolute atomic E-state index is 0.0635. The summed E-state index contributed by atoms with van der Waals surface area (Å²) in [4.78, 5) is 14.4. The minimum Gasteiger partial charge on any atom is -0.326 e. The number of rotatable bonds is 4. The van der Waals surface area contributed by atoms with Crippen molar-refractivity contribution in [3.63, 3.8) is 0 Å². The third kappa shape index (κ3) is 4.22. The molecule has 0 aromatic heterocycles. The number of piperidine rings is 1. The Hall–Kier alpha value is -1.06. The number of amides is 1. The summed E-state index contributed by atoms with van der Waals surface area (Å²) in [7, 11) is 0. The number of nitrogens with one attached hydrogen (secondary N) is 1. The Balaban J connectivity index is 1.82. The van der Waals surface area contributed by atoms with Gasteiger partial charge < -0.3 is 10.2 Å². The Labute approximate surface area is 126 Å². The number of anilines is 1. The summed E-state index contributed by atoms with van der Waals surface area (Å²) in [5.74, 6) is 0.815. The van der Waals surface area contributed by atoms with Gasteiger partial charge >= 0.3 is 0 Å².